The van der Waals surface area contributed by atoms with Crippen molar-refractivity contribution in [3.8, 4) is 30.0 Å². The van der Waals surface area contributed by atoms with Gasteiger partial charge in [-0.1, -0.05) is 36.3 Å². The number of hydrogen-bond donors (Lipinski definition) is 3. The van der Waals surface area contributed by atoms with Gasteiger partial charge in [0.2, 0.25) is 5.82 Å². The van der Waals surface area contributed by atoms with Crippen LogP contribution in [-0.4, -0.2) is 132 Å². The summed E-state index contributed by atoms with van der Waals surface area (Å²) in [4.78, 5) is 59.0. The minimum absolute atomic E-state index is 0.0615. The number of nitrogens with two attached hydrogens (primary N) is 1. The van der Waals surface area contributed by atoms with E-state index in [0.29, 0.717) is 88.3 Å². The zero-order valence-electron chi connectivity index (χ0n) is 34.7. The molecular formula is C43H49N11O8. The first-order valence-electron chi connectivity index (χ1n) is 19.8. The van der Waals surface area contributed by atoms with E-state index in [0.717, 1.165) is 17.3 Å². The third kappa shape index (κ3) is 12.7. The molecule has 0 bridgehead atoms. The molecule has 1 aliphatic rings. The number of carbonyl (C=O) groups excluding carboxylic acids is 3. The summed E-state index contributed by atoms with van der Waals surface area (Å²) in [6.45, 7) is 6.03. The molecule has 3 aromatic heterocycles. The quantitative estimate of drug-likeness (QED) is 0.0319. The lowest BCUT2D eigenvalue weighted by Gasteiger charge is -2.29. The maximum atomic E-state index is 13.8. The van der Waals surface area contributed by atoms with Gasteiger partial charge in [0.05, 0.1) is 89.0 Å². The molecule has 0 radical (unpaired) electrons. The summed E-state index contributed by atoms with van der Waals surface area (Å²) < 4.78 is 28.4. The Balaban J connectivity index is 1.12. The summed E-state index contributed by atoms with van der Waals surface area (Å²) in [6, 6.07) is 13.3. The van der Waals surface area contributed by atoms with E-state index in [1.165, 1.54) is 35.5 Å². The van der Waals surface area contributed by atoms with Crippen LogP contribution in [0, 0.1) is 30.6 Å². The molecule has 5 rings (SSSR count). The number of likely N-dealkylation sites (tertiary alicyclic amines) is 1. The van der Waals surface area contributed by atoms with Gasteiger partial charge < -0.3 is 45.0 Å². The van der Waals surface area contributed by atoms with Crippen molar-refractivity contribution in [3.05, 3.63) is 95.2 Å². The second kappa shape index (κ2) is 24.3. The molecule has 4 N–H and O–H groups in total. The fourth-order valence-electron chi connectivity index (χ4n) is 6.36. The predicted octanol–water partition coefficient (Wildman–Crippen LogP) is 2.28. The summed E-state index contributed by atoms with van der Waals surface area (Å²) in [7, 11) is 1.41. The Morgan fingerprint density at radius 1 is 0.952 bits per heavy atom. The summed E-state index contributed by atoms with van der Waals surface area (Å²) >= 11 is 0. The van der Waals surface area contributed by atoms with E-state index >= 15 is 0 Å². The van der Waals surface area contributed by atoms with Crippen LogP contribution in [0.25, 0.3) is 17.0 Å². The highest BCUT2D eigenvalue weighted by Crippen LogP contribution is 2.33. The average molecular weight is 848 g/mol. The number of benzene rings is 1. The zero-order valence-corrected chi connectivity index (χ0v) is 34.7. The van der Waals surface area contributed by atoms with Gasteiger partial charge in [-0.15, -0.1) is 11.5 Å². The molecule has 1 aromatic carbocycles. The number of piperidine rings is 1. The third-order valence-electron chi connectivity index (χ3n) is 9.46. The van der Waals surface area contributed by atoms with Gasteiger partial charge in [-0.25, -0.2) is 24.6 Å². The fourth-order valence-corrected chi connectivity index (χ4v) is 6.36. The van der Waals surface area contributed by atoms with Crippen LogP contribution >= 0.6 is 0 Å². The molecule has 1 aliphatic heterocycles. The van der Waals surface area contributed by atoms with Gasteiger partial charge in [-0.3, -0.25) is 14.4 Å². The number of hydrogen-bond acceptors (Lipinski definition) is 16. The first-order chi connectivity index (χ1) is 30.3. The number of rotatable bonds is 23. The number of aromatic nitrogens is 6. The first kappa shape index (κ1) is 46.0. The molecule has 0 spiro atoms. The molecule has 1 saturated heterocycles. The van der Waals surface area contributed by atoms with Crippen molar-refractivity contribution in [2.75, 3.05) is 84.9 Å². The maximum absolute atomic E-state index is 13.8. The topological polar surface area (TPSA) is 244 Å². The Bertz CT molecular complexity index is 2290. The van der Waals surface area contributed by atoms with Crippen molar-refractivity contribution >= 4 is 34.6 Å². The van der Waals surface area contributed by atoms with Crippen LogP contribution in [0.4, 0.5) is 5.82 Å². The van der Waals surface area contributed by atoms with Crippen molar-refractivity contribution in [2.45, 2.75) is 26.3 Å². The van der Waals surface area contributed by atoms with Crippen LogP contribution < -0.4 is 21.1 Å². The average Bonchev–Trinajstić information content (AvgIpc) is 3.80. The van der Waals surface area contributed by atoms with E-state index in [4.69, 9.17) is 35.8 Å². The second-order valence-corrected chi connectivity index (χ2v) is 13.4. The van der Waals surface area contributed by atoms with E-state index in [9.17, 15) is 19.6 Å². The van der Waals surface area contributed by atoms with Crippen LogP contribution in [-0.2, 0) is 35.1 Å². The molecule has 0 atom stereocenters. The number of terminal acetylenes is 1. The van der Waals surface area contributed by atoms with E-state index in [2.05, 4.69) is 47.7 Å². The van der Waals surface area contributed by atoms with E-state index < -0.39 is 17.6 Å². The van der Waals surface area contributed by atoms with Crippen molar-refractivity contribution < 1.29 is 38.1 Å². The predicted molar refractivity (Wildman–Crippen MR) is 226 cm³/mol. The Morgan fingerprint density at radius 2 is 1.65 bits per heavy atom. The van der Waals surface area contributed by atoms with Gasteiger partial charge in [0.1, 0.15) is 30.8 Å². The minimum Gasteiger partial charge on any atom is -0.494 e. The fraction of sp³-hybridized carbons (Fsp3) is 0.372. The van der Waals surface area contributed by atoms with E-state index in [1.807, 2.05) is 30.3 Å². The highest BCUT2D eigenvalue weighted by Gasteiger charge is 2.32. The summed E-state index contributed by atoms with van der Waals surface area (Å²) in [5, 5.41) is 20.1. The number of nitriles is 1. The molecule has 0 aliphatic carbocycles. The molecule has 4 heterocycles. The maximum Gasteiger partial charge on any atom is 0.295 e. The lowest BCUT2D eigenvalue weighted by Crippen LogP contribution is -2.41. The van der Waals surface area contributed by atoms with Crippen LogP contribution in [0.2, 0.25) is 0 Å². The Hall–Kier alpha value is -7.03. The highest BCUT2D eigenvalue weighted by molar-refractivity contribution is 6.53. The number of amides is 2. The Kier molecular flexibility index (Phi) is 18.0. The molecule has 2 amide bonds. The molecule has 1 fully saturated rings. The van der Waals surface area contributed by atoms with Gasteiger partial charge in [-0.05, 0) is 30.9 Å². The summed E-state index contributed by atoms with van der Waals surface area (Å²) in [6.07, 6.45) is 11.1. The molecule has 0 unspecified atom stereocenters. The number of ether oxygens (including phenoxy) is 5. The van der Waals surface area contributed by atoms with E-state index in [-0.39, 0.29) is 54.8 Å². The monoisotopic (exact) mass is 847 g/mol. The number of Topliss-reactive ketones (excluding diaryl/α,β-unsaturated/α-hetero) is 1. The van der Waals surface area contributed by atoms with E-state index in [1.54, 1.807) is 13.0 Å². The molecule has 324 valence electrons. The largest absolute Gasteiger partial charge is 0.494 e. The first-order valence-corrected chi connectivity index (χ1v) is 19.8. The van der Waals surface area contributed by atoms with Crippen molar-refractivity contribution in [3.63, 3.8) is 0 Å². The molecule has 0 saturated carbocycles. The number of ketones is 1. The van der Waals surface area contributed by atoms with Crippen molar-refractivity contribution in [1.82, 2.24) is 39.9 Å². The van der Waals surface area contributed by atoms with Crippen molar-refractivity contribution in [1.29, 1.82) is 5.26 Å². The number of nitrogens with one attached hydrogen (secondary N) is 2. The summed E-state index contributed by atoms with van der Waals surface area (Å²) in [5.74, 6) is 1.05. The van der Waals surface area contributed by atoms with Crippen LogP contribution in [0.5, 0.6) is 5.75 Å². The lowest BCUT2D eigenvalue weighted by atomic mass is 9.93. The van der Waals surface area contributed by atoms with Gasteiger partial charge in [-0.2, -0.15) is 5.26 Å². The van der Waals surface area contributed by atoms with Gasteiger partial charge >= 0.3 is 0 Å². The normalized spacial score (nSPS) is 12.6. The number of carbonyl (C=O) groups is 3. The molecule has 62 heavy (non-hydrogen) atoms. The van der Waals surface area contributed by atoms with Crippen LogP contribution in [0.3, 0.4) is 0 Å². The smallest absolute Gasteiger partial charge is 0.295 e. The Morgan fingerprint density at radius 3 is 2.31 bits per heavy atom. The van der Waals surface area contributed by atoms with Crippen molar-refractivity contribution in [2.24, 2.45) is 5.73 Å². The van der Waals surface area contributed by atoms with Gasteiger partial charge in [0.25, 0.3) is 17.6 Å². The molecule has 19 nitrogen and oxygen atoms in total. The Labute approximate surface area is 359 Å². The van der Waals surface area contributed by atoms with Crippen LogP contribution in [0.1, 0.15) is 45.8 Å². The lowest BCUT2D eigenvalue weighted by molar-refractivity contribution is -0.142. The standard InChI is InChI=1S/C43H49N11O8/c1-4-15-59-17-19-61-21-22-62-20-18-60-16-12-46-37-23-33(49-28-50-37)26-48-42(56)40-51-29-54(52-40)41-30(2)38(36(58-3)27-47-41)35(25-45)39(55)43(57)53-13-10-32(11-14-53)34(24-44)31-8-6-5-7-9-31/h1,5-9,23,25,27-29H,10-22,26,45H2,2-3H3,(H,48,56)(H,46,49,50)/b35-25+. The highest BCUT2D eigenvalue weighted by atomic mass is 16.6. The molecule has 4 aromatic rings. The SMILES string of the molecule is C#CCOCCOCCOCCOCCNc1cc(CNC(=O)c2ncn(-c3ncc(OC)c(/C(=C\N)C(=O)C(=O)N4CCC(=C(C#N)c5ccccc5)CC4)c3C)n2)ncn1. The summed E-state index contributed by atoms with van der Waals surface area (Å²) in [5.41, 5.74) is 9.40. The van der Waals surface area contributed by atoms with Crippen LogP contribution in [0.15, 0.2) is 67.0 Å². The minimum atomic E-state index is -0.837. The number of methoxy groups -OCH3 is 1. The number of nitrogens with zero attached hydrogens (tertiary/aromatic N) is 8. The van der Waals surface area contributed by atoms with Gasteiger partial charge in [0.15, 0.2) is 5.82 Å². The number of allylic oxidation sites excluding steroid dienone is 1. The second-order valence-electron chi connectivity index (χ2n) is 13.4. The zero-order chi connectivity index (χ0) is 44.1. The number of pyridine rings is 1. The molecule has 19 heteroatoms. The number of anilines is 1. The van der Waals surface area contributed by atoms with Gasteiger partial charge in [0, 0.05) is 43.0 Å². The molecular weight excluding hydrogens is 799 g/mol. The third-order valence-corrected chi connectivity index (χ3v) is 9.46.